The van der Waals surface area contributed by atoms with Crippen LogP contribution in [-0.4, -0.2) is 8.07 Å². The van der Waals surface area contributed by atoms with Crippen LogP contribution in [0.1, 0.15) is 5.56 Å². The van der Waals surface area contributed by atoms with Gasteiger partial charge in [-0.15, -0.1) is 0 Å². The van der Waals surface area contributed by atoms with Crippen LogP contribution in [0.5, 0.6) is 0 Å². The highest BCUT2D eigenvalue weighted by Crippen LogP contribution is 2.22. The highest BCUT2D eigenvalue weighted by atomic mass is 28.3. The molecule has 0 unspecified atom stereocenters. The number of hydrogen-bond donors (Lipinski definition) is 0. The maximum absolute atomic E-state index is 2.54. The molecule has 0 amide bonds. The van der Waals surface area contributed by atoms with Gasteiger partial charge in [-0.2, -0.15) is 0 Å². The third-order valence-electron chi connectivity index (χ3n) is 6.28. The summed E-state index contributed by atoms with van der Waals surface area (Å²) in [4.78, 5) is 0. The minimum atomic E-state index is -2.54. The summed E-state index contributed by atoms with van der Waals surface area (Å²) in [6.45, 7) is 2.17. The van der Waals surface area contributed by atoms with Gasteiger partial charge in [0.05, 0.1) is 0 Å². The van der Waals surface area contributed by atoms with E-state index in [0.29, 0.717) is 0 Å². The van der Waals surface area contributed by atoms with E-state index in [-0.39, 0.29) is 0 Å². The molecule has 0 heterocycles. The largest absolute Gasteiger partial charge is 0.180 e. The van der Waals surface area contributed by atoms with Crippen LogP contribution in [-0.2, 0) is 0 Å². The molecular formula is C31H26Si. The average Bonchev–Trinajstić information content (AvgIpc) is 2.87. The first-order valence-electron chi connectivity index (χ1n) is 11.1. The zero-order valence-electron chi connectivity index (χ0n) is 18.3. The minimum absolute atomic E-state index is 1.28. The van der Waals surface area contributed by atoms with Gasteiger partial charge < -0.3 is 0 Å². The van der Waals surface area contributed by atoms with E-state index < -0.39 is 8.07 Å². The molecule has 0 saturated heterocycles. The SMILES string of the molecule is Cc1cccc(-c2ccccc2[Si](c2ccccc2)(c2ccccc2)c2ccccc2)c1. The van der Waals surface area contributed by atoms with Crippen LogP contribution in [0.15, 0.2) is 140 Å². The van der Waals surface area contributed by atoms with E-state index in [1.165, 1.54) is 37.4 Å². The third-order valence-corrected chi connectivity index (χ3v) is 11.1. The predicted octanol–water partition coefficient (Wildman–Crippen LogP) is 5.04. The van der Waals surface area contributed by atoms with Crippen LogP contribution in [0.3, 0.4) is 0 Å². The summed E-state index contributed by atoms with van der Waals surface area (Å²) < 4.78 is 0. The lowest BCUT2D eigenvalue weighted by atomic mass is 10.0. The first kappa shape index (κ1) is 20.2. The Hall–Kier alpha value is -3.68. The number of aryl methyl sites for hydroxylation is 1. The van der Waals surface area contributed by atoms with Crippen molar-refractivity contribution in [3.05, 3.63) is 145 Å². The Bertz CT molecular complexity index is 1210. The second kappa shape index (κ2) is 8.82. The van der Waals surface area contributed by atoms with Crippen LogP contribution in [0.4, 0.5) is 0 Å². The smallest absolute Gasteiger partial charge is 0.0623 e. The van der Waals surface area contributed by atoms with Crippen LogP contribution in [0.25, 0.3) is 11.1 Å². The number of hydrogen-bond acceptors (Lipinski definition) is 0. The molecule has 0 atom stereocenters. The highest BCUT2D eigenvalue weighted by molar-refractivity contribution is 7.20. The van der Waals surface area contributed by atoms with Gasteiger partial charge in [-0.25, -0.2) is 0 Å². The van der Waals surface area contributed by atoms with Gasteiger partial charge in [0.25, 0.3) is 0 Å². The molecule has 0 bridgehead atoms. The molecule has 0 radical (unpaired) electrons. The highest BCUT2D eigenvalue weighted by Gasteiger charge is 2.42. The standard InChI is InChI=1S/C31H26Si/c1-25-14-13-15-26(24-25)30-22-11-12-23-31(30)32(27-16-5-2-6-17-27,28-18-7-3-8-19-28)29-20-9-4-10-21-29/h2-24H,1H3. The summed E-state index contributed by atoms with van der Waals surface area (Å²) >= 11 is 0. The van der Waals surface area contributed by atoms with Crippen LogP contribution >= 0.6 is 0 Å². The van der Waals surface area contributed by atoms with Crippen LogP contribution < -0.4 is 20.7 Å². The molecular weight excluding hydrogens is 400 g/mol. The van der Waals surface area contributed by atoms with E-state index >= 15 is 0 Å². The Balaban J connectivity index is 1.93. The Morgan fingerprint density at radius 2 is 0.906 bits per heavy atom. The van der Waals surface area contributed by atoms with Crippen LogP contribution in [0, 0.1) is 6.92 Å². The van der Waals surface area contributed by atoms with Crippen molar-refractivity contribution < 1.29 is 0 Å². The quantitative estimate of drug-likeness (QED) is 0.273. The van der Waals surface area contributed by atoms with Gasteiger partial charge in [-0.05, 0) is 38.8 Å². The summed E-state index contributed by atoms with van der Waals surface area (Å²) in [5, 5.41) is 5.63. The number of benzene rings is 5. The molecule has 0 saturated carbocycles. The lowest BCUT2D eigenvalue weighted by Crippen LogP contribution is -2.75. The van der Waals surface area contributed by atoms with Gasteiger partial charge >= 0.3 is 0 Å². The lowest BCUT2D eigenvalue weighted by Gasteiger charge is -2.36. The average molecular weight is 427 g/mol. The maximum atomic E-state index is 2.36. The maximum Gasteiger partial charge on any atom is 0.180 e. The van der Waals surface area contributed by atoms with Crippen molar-refractivity contribution in [1.82, 2.24) is 0 Å². The van der Waals surface area contributed by atoms with E-state index in [2.05, 4.69) is 146 Å². The van der Waals surface area contributed by atoms with Gasteiger partial charge in [0.2, 0.25) is 0 Å². The second-order valence-electron chi connectivity index (χ2n) is 8.26. The molecule has 0 nitrogen and oxygen atoms in total. The molecule has 5 aromatic rings. The van der Waals surface area contributed by atoms with Crippen molar-refractivity contribution in [1.29, 1.82) is 0 Å². The second-order valence-corrected chi connectivity index (χ2v) is 12.0. The topological polar surface area (TPSA) is 0 Å². The van der Waals surface area contributed by atoms with Crippen molar-refractivity contribution in [2.24, 2.45) is 0 Å². The summed E-state index contributed by atoms with van der Waals surface area (Å²) in [6, 6.07) is 51.2. The molecule has 0 aliphatic heterocycles. The van der Waals surface area contributed by atoms with Crippen LogP contribution in [0.2, 0.25) is 0 Å². The zero-order valence-corrected chi connectivity index (χ0v) is 19.3. The molecule has 5 rings (SSSR count). The van der Waals surface area contributed by atoms with E-state index in [0.717, 1.165) is 0 Å². The normalized spacial score (nSPS) is 11.3. The Morgan fingerprint density at radius 3 is 1.41 bits per heavy atom. The van der Waals surface area contributed by atoms with Crippen molar-refractivity contribution in [2.75, 3.05) is 0 Å². The Kier molecular flexibility index (Phi) is 5.58. The van der Waals surface area contributed by atoms with E-state index in [1.807, 2.05) is 0 Å². The van der Waals surface area contributed by atoms with Crippen molar-refractivity contribution in [3.63, 3.8) is 0 Å². The Morgan fingerprint density at radius 1 is 0.438 bits per heavy atom. The fourth-order valence-corrected chi connectivity index (χ4v) is 9.89. The van der Waals surface area contributed by atoms with Gasteiger partial charge in [0.1, 0.15) is 0 Å². The molecule has 0 N–H and O–H groups in total. The number of rotatable bonds is 5. The summed E-state index contributed by atoms with van der Waals surface area (Å²) in [5.41, 5.74) is 3.88. The Labute approximate surface area is 191 Å². The molecule has 0 spiro atoms. The predicted molar refractivity (Wildman–Crippen MR) is 140 cm³/mol. The fourth-order valence-electron chi connectivity index (χ4n) is 4.91. The van der Waals surface area contributed by atoms with Gasteiger partial charge in [-0.3, -0.25) is 0 Å². The first-order chi connectivity index (χ1) is 15.8. The third kappa shape index (κ3) is 3.51. The minimum Gasteiger partial charge on any atom is -0.0623 e. The van der Waals surface area contributed by atoms with Gasteiger partial charge in [0.15, 0.2) is 8.07 Å². The fraction of sp³-hybridized carbons (Fsp3) is 0.0323. The first-order valence-corrected chi connectivity index (χ1v) is 13.1. The van der Waals surface area contributed by atoms with E-state index in [1.54, 1.807) is 0 Å². The van der Waals surface area contributed by atoms with Crippen molar-refractivity contribution in [3.8, 4) is 11.1 Å². The molecule has 32 heavy (non-hydrogen) atoms. The molecule has 0 aromatic heterocycles. The summed E-state index contributed by atoms with van der Waals surface area (Å²) in [6.07, 6.45) is 0. The molecule has 5 aromatic carbocycles. The lowest BCUT2D eigenvalue weighted by molar-refractivity contribution is 1.47. The molecule has 154 valence electrons. The van der Waals surface area contributed by atoms with Crippen molar-refractivity contribution >= 4 is 28.8 Å². The molecule has 1 heteroatoms. The zero-order chi connectivity index (χ0) is 21.8. The van der Waals surface area contributed by atoms with E-state index in [4.69, 9.17) is 0 Å². The van der Waals surface area contributed by atoms with E-state index in [9.17, 15) is 0 Å². The summed E-state index contributed by atoms with van der Waals surface area (Å²) in [5.74, 6) is 0. The molecule has 0 fully saturated rings. The monoisotopic (exact) mass is 426 g/mol. The van der Waals surface area contributed by atoms with Gasteiger partial charge in [-0.1, -0.05) is 145 Å². The molecule has 0 aliphatic rings. The molecule has 0 aliphatic carbocycles. The van der Waals surface area contributed by atoms with Gasteiger partial charge in [0, 0.05) is 0 Å². The summed E-state index contributed by atoms with van der Waals surface area (Å²) in [7, 11) is -2.54. The van der Waals surface area contributed by atoms with Crippen molar-refractivity contribution in [2.45, 2.75) is 6.92 Å².